The predicted molar refractivity (Wildman–Crippen MR) is 122 cm³/mol. The molecule has 3 saturated carbocycles. The molecule has 0 spiro atoms. The zero-order chi connectivity index (χ0) is 24.6. The van der Waals surface area contributed by atoms with Crippen LogP contribution in [0.5, 0.6) is 0 Å². The van der Waals surface area contributed by atoms with Gasteiger partial charge in [0.05, 0.1) is 12.0 Å². The first kappa shape index (κ1) is 24.8. The van der Waals surface area contributed by atoms with Gasteiger partial charge in [-0.25, -0.2) is 4.39 Å². The van der Waals surface area contributed by atoms with Crippen LogP contribution in [0.15, 0.2) is 11.6 Å². The van der Waals surface area contributed by atoms with Crippen molar-refractivity contribution in [2.24, 2.45) is 34.5 Å². The summed E-state index contributed by atoms with van der Waals surface area (Å²) in [4.78, 5) is 38.1. The normalized spacial score (nSPS) is 48.9. The fraction of sp³-hybridized carbons (Fsp3) is 0.808. The van der Waals surface area contributed by atoms with Crippen molar-refractivity contribution in [1.82, 2.24) is 0 Å². The van der Waals surface area contributed by atoms with Gasteiger partial charge in [0, 0.05) is 35.5 Å². The van der Waals surface area contributed by atoms with Crippen molar-refractivity contribution < 1.29 is 28.6 Å². The number of halogens is 2. The maximum atomic E-state index is 17.4. The fourth-order valence-electron chi connectivity index (χ4n) is 8.51. The highest BCUT2D eigenvalue weighted by Crippen LogP contribution is 2.72. The number of ether oxygens (including phenoxy) is 1. The van der Waals surface area contributed by atoms with Crippen LogP contribution in [0.25, 0.3) is 0 Å². The molecule has 3 unspecified atom stereocenters. The Bertz CT molecular complexity index is 918. The number of Topliss-reactive ketones (excluding diaryl/α,β-unsaturated/α-hetero) is 1. The Balaban J connectivity index is 1.87. The minimum Gasteiger partial charge on any atom is -0.450 e. The Morgan fingerprint density at radius 3 is 2.52 bits per heavy atom. The molecule has 0 aliphatic heterocycles. The second kappa shape index (κ2) is 7.87. The van der Waals surface area contributed by atoms with Crippen LogP contribution in [0.4, 0.5) is 4.39 Å². The first-order valence-corrected chi connectivity index (χ1v) is 12.8. The smallest absolute Gasteiger partial charge is 0.306 e. The van der Waals surface area contributed by atoms with Crippen LogP contribution in [-0.2, 0) is 19.1 Å². The summed E-state index contributed by atoms with van der Waals surface area (Å²) in [5.41, 5.74) is -4.51. The highest BCUT2D eigenvalue weighted by atomic mass is 35.5. The van der Waals surface area contributed by atoms with E-state index in [0.29, 0.717) is 19.3 Å². The number of rotatable bonds is 4. The second-order valence-corrected chi connectivity index (χ2v) is 11.7. The average Bonchev–Trinajstić information content (AvgIpc) is 2.98. The number of aliphatic hydroxyl groups excluding tert-OH is 1. The minimum absolute atomic E-state index is 0.000171. The van der Waals surface area contributed by atoms with Gasteiger partial charge in [-0.1, -0.05) is 40.2 Å². The number of esters is 1. The molecule has 0 amide bonds. The molecule has 0 saturated heterocycles. The number of fused-ring (bicyclic) bond motifs is 5. The molecule has 0 aromatic heterocycles. The number of hydrogen-bond donors (Lipinski definition) is 1. The van der Waals surface area contributed by atoms with E-state index in [9.17, 15) is 19.5 Å². The molecule has 3 fully saturated rings. The van der Waals surface area contributed by atoms with Gasteiger partial charge in [0.25, 0.3) is 0 Å². The third-order valence-corrected chi connectivity index (χ3v) is 10.2. The van der Waals surface area contributed by atoms with Gasteiger partial charge in [0.1, 0.15) is 5.67 Å². The van der Waals surface area contributed by atoms with Crippen molar-refractivity contribution in [2.45, 2.75) is 90.5 Å². The van der Waals surface area contributed by atoms with E-state index < -0.39 is 40.1 Å². The minimum atomic E-state index is -1.93. The number of ketones is 2. The van der Waals surface area contributed by atoms with Crippen LogP contribution < -0.4 is 0 Å². The molecule has 0 heterocycles. The van der Waals surface area contributed by atoms with Crippen LogP contribution in [0.3, 0.4) is 0 Å². The Labute approximate surface area is 200 Å². The van der Waals surface area contributed by atoms with E-state index in [1.54, 1.807) is 13.0 Å². The van der Waals surface area contributed by atoms with E-state index in [-0.39, 0.29) is 54.5 Å². The average molecular weight is 483 g/mol. The van der Waals surface area contributed by atoms with Crippen LogP contribution in [0, 0.1) is 34.5 Å². The highest BCUT2D eigenvalue weighted by Gasteiger charge is 2.77. The van der Waals surface area contributed by atoms with Gasteiger partial charge in [0.15, 0.2) is 17.2 Å². The fourth-order valence-corrected chi connectivity index (χ4v) is 8.71. The number of carbonyl (C=O) groups is 3. The van der Waals surface area contributed by atoms with Gasteiger partial charge >= 0.3 is 5.97 Å². The molecule has 4 aliphatic carbocycles. The third kappa shape index (κ3) is 2.95. The van der Waals surface area contributed by atoms with Crippen molar-refractivity contribution in [3.05, 3.63) is 11.6 Å². The van der Waals surface area contributed by atoms with E-state index in [1.165, 1.54) is 0 Å². The molecule has 9 atom stereocenters. The van der Waals surface area contributed by atoms with E-state index in [0.717, 1.165) is 5.57 Å². The van der Waals surface area contributed by atoms with Crippen LogP contribution in [0.2, 0.25) is 0 Å². The number of aliphatic hydroxyl groups is 1. The van der Waals surface area contributed by atoms with E-state index in [4.69, 9.17) is 16.3 Å². The second-order valence-electron chi connectivity index (χ2n) is 11.4. The first-order chi connectivity index (χ1) is 15.3. The van der Waals surface area contributed by atoms with E-state index in [1.807, 2.05) is 27.7 Å². The summed E-state index contributed by atoms with van der Waals surface area (Å²) in [6.45, 7) is 9.30. The van der Waals surface area contributed by atoms with Gasteiger partial charge in [-0.15, -0.1) is 11.6 Å². The van der Waals surface area contributed by atoms with Crippen molar-refractivity contribution in [1.29, 1.82) is 0 Å². The topological polar surface area (TPSA) is 80.7 Å². The van der Waals surface area contributed by atoms with Gasteiger partial charge in [-0.3, -0.25) is 14.4 Å². The molecule has 33 heavy (non-hydrogen) atoms. The zero-order valence-corrected chi connectivity index (χ0v) is 21.0. The Hall–Kier alpha value is -1.27. The molecule has 1 N–H and O–H groups in total. The van der Waals surface area contributed by atoms with Crippen LogP contribution in [-0.4, -0.2) is 45.9 Å². The largest absolute Gasteiger partial charge is 0.450 e. The number of alkyl halides is 2. The molecule has 0 radical (unpaired) electrons. The lowest BCUT2D eigenvalue weighted by Gasteiger charge is -2.64. The lowest BCUT2D eigenvalue weighted by molar-refractivity contribution is -0.237. The maximum absolute atomic E-state index is 17.4. The lowest BCUT2D eigenvalue weighted by Crippen LogP contribution is -2.71. The summed E-state index contributed by atoms with van der Waals surface area (Å²) in [5.74, 6) is -2.32. The predicted octanol–water partition coefficient (Wildman–Crippen LogP) is 4.57. The maximum Gasteiger partial charge on any atom is 0.306 e. The standard InChI is InChI=1S/C26H36ClFO5/c1-6-22(32)33-26(21(31)13-27)15(3)10-18-19-9-14(2)17-11-16(29)7-8-23(17,4)25(19,28)20(30)12-24(18,26)5/h11,14-15,18-20,30H,6-10,12-13H2,1-5H3/t14?,15?,18-,19-,20?,23-,24-,25-,26-/m0/s1. The molecule has 5 nitrogen and oxygen atoms in total. The van der Waals surface area contributed by atoms with Gasteiger partial charge < -0.3 is 9.84 Å². The molecular weight excluding hydrogens is 447 g/mol. The van der Waals surface area contributed by atoms with Crippen LogP contribution in [0.1, 0.15) is 73.1 Å². The first-order valence-electron chi connectivity index (χ1n) is 12.3. The molecular formula is C26H36ClFO5. The summed E-state index contributed by atoms with van der Waals surface area (Å²) in [7, 11) is 0. The SMILES string of the molecule is CCC(=O)O[C@]1(C(=O)CCl)C(C)C[C@H]2[C@@H]3CC(C)C4=CC(=O)CC[C@]4(C)[C@@]3(F)C(O)C[C@@]21C. The zero-order valence-electron chi connectivity index (χ0n) is 20.2. The van der Waals surface area contributed by atoms with Crippen molar-refractivity contribution in [3.8, 4) is 0 Å². The van der Waals surface area contributed by atoms with Gasteiger partial charge in [-0.05, 0) is 43.6 Å². The molecule has 0 aromatic rings. The lowest BCUT2D eigenvalue weighted by atomic mass is 9.42. The summed E-state index contributed by atoms with van der Waals surface area (Å²) < 4.78 is 23.4. The monoisotopic (exact) mass is 482 g/mol. The van der Waals surface area contributed by atoms with E-state index in [2.05, 4.69) is 0 Å². The molecule has 0 bridgehead atoms. The molecule has 4 aliphatic rings. The summed E-state index contributed by atoms with van der Waals surface area (Å²) >= 11 is 6.04. The summed E-state index contributed by atoms with van der Waals surface area (Å²) in [6.07, 6.45) is 1.98. The highest BCUT2D eigenvalue weighted by molar-refractivity contribution is 6.29. The van der Waals surface area contributed by atoms with E-state index >= 15 is 4.39 Å². The number of allylic oxidation sites excluding steroid dienone is 1. The molecule has 0 aromatic carbocycles. The van der Waals surface area contributed by atoms with Crippen molar-refractivity contribution in [2.75, 3.05) is 5.88 Å². The number of carbonyl (C=O) groups excluding carboxylic acids is 3. The third-order valence-electron chi connectivity index (χ3n) is 10.0. The van der Waals surface area contributed by atoms with Gasteiger partial charge in [0.2, 0.25) is 0 Å². The van der Waals surface area contributed by atoms with Crippen LogP contribution >= 0.6 is 11.6 Å². The quantitative estimate of drug-likeness (QED) is 0.469. The van der Waals surface area contributed by atoms with Crippen molar-refractivity contribution in [3.63, 3.8) is 0 Å². The molecule has 4 rings (SSSR count). The summed E-state index contributed by atoms with van der Waals surface area (Å²) in [5, 5.41) is 11.5. The Morgan fingerprint density at radius 2 is 1.91 bits per heavy atom. The van der Waals surface area contributed by atoms with Crippen molar-refractivity contribution >= 4 is 29.1 Å². The molecule has 7 heteroatoms. The van der Waals surface area contributed by atoms with Gasteiger partial charge in [-0.2, -0.15) is 0 Å². The Kier molecular flexibility index (Phi) is 5.93. The Morgan fingerprint density at radius 1 is 1.24 bits per heavy atom. The number of hydrogen-bond acceptors (Lipinski definition) is 5. The molecule has 184 valence electrons. The summed E-state index contributed by atoms with van der Waals surface area (Å²) in [6, 6.07) is 0.